The monoisotopic (exact) mass is 486 g/mol. The average Bonchev–Trinajstić information content (AvgIpc) is 3.34. The van der Waals surface area contributed by atoms with E-state index in [1.807, 2.05) is 66.7 Å². The van der Waals surface area contributed by atoms with E-state index in [0.29, 0.717) is 16.6 Å². The Bertz CT molecular complexity index is 1540. The molecule has 0 amide bonds. The van der Waals surface area contributed by atoms with E-state index in [2.05, 4.69) is 28.3 Å². The lowest BCUT2D eigenvalue weighted by atomic mass is 9.77. The fourth-order valence-electron chi connectivity index (χ4n) is 5.29. The Kier molecular flexibility index (Phi) is 5.12. The minimum Gasteiger partial charge on any atom is -0.378 e. The predicted molar refractivity (Wildman–Crippen MR) is 139 cm³/mol. The predicted octanol–water partition coefficient (Wildman–Crippen LogP) is 7.12. The number of nitrogens with one attached hydrogen (secondary N) is 2. The zero-order chi connectivity index (χ0) is 23.3. The molecule has 6 heteroatoms. The van der Waals surface area contributed by atoms with Crippen LogP contribution in [-0.4, -0.2) is 8.42 Å². The number of benzene rings is 4. The van der Waals surface area contributed by atoms with Gasteiger partial charge in [0, 0.05) is 22.0 Å². The van der Waals surface area contributed by atoms with E-state index in [1.165, 1.54) is 0 Å². The van der Waals surface area contributed by atoms with Crippen molar-refractivity contribution < 1.29 is 8.42 Å². The van der Waals surface area contributed by atoms with Crippen molar-refractivity contribution in [2.75, 3.05) is 10.0 Å². The van der Waals surface area contributed by atoms with Gasteiger partial charge >= 0.3 is 0 Å². The zero-order valence-corrected chi connectivity index (χ0v) is 19.9. The standard InChI is InChI=1S/C28H23ClN2O2S/c29-20-9-3-8-19(16-20)28-24-12-5-11-23(24)25-17-21(14-15-26(25)30-28)34(32,33)31-27-13-4-7-18-6-1-2-10-22(18)27/h1-11,13-17,23-24,28,30-31H,12H2/t23-,24-,28-/m1/s1. The molecular formula is C28H23ClN2O2S. The first kappa shape index (κ1) is 21.3. The molecule has 170 valence electrons. The van der Waals surface area contributed by atoms with E-state index in [-0.39, 0.29) is 16.9 Å². The van der Waals surface area contributed by atoms with Gasteiger partial charge in [-0.3, -0.25) is 4.72 Å². The van der Waals surface area contributed by atoms with Crippen LogP contribution in [0.5, 0.6) is 0 Å². The number of halogens is 1. The van der Waals surface area contributed by atoms with E-state index >= 15 is 0 Å². The van der Waals surface area contributed by atoms with E-state index in [9.17, 15) is 8.42 Å². The first-order valence-corrected chi connectivity index (χ1v) is 13.2. The van der Waals surface area contributed by atoms with Gasteiger partial charge in [0.05, 0.1) is 16.6 Å². The largest absolute Gasteiger partial charge is 0.378 e. The third kappa shape index (κ3) is 3.65. The third-order valence-electron chi connectivity index (χ3n) is 6.89. The lowest BCUT2D eigenvalue weighted by Crippen LogP contribution is -2.29. The summed E-state index contributed by atoms with van der Waals surface area (Å²) >= 11 is 6.26. The molecule has 4 nitrogen and oxygen atoms in total. The number of anilines is 2. The second kappa shape index (κ2) is 8.19. The van der Waals surface area contributed by atoms with Crippen LogP contribution >= 0.6 is 11.6 Å². The molecule has 6 rings (SSSR count). The molecule has 0 radical (unpaired) electrons. The van der Waals surface area contributed by atoms with Crippen molar-refractivity contribution in [1.29, 1.82) is 0 Å². The van der Waals surface area contributed by atoms with Gasteiger partial charge in [0.2, 0.25) is 0 Å². The Hall–Kier alpha value is -3.28. The van der Waals surface area contributed by atoms with Crippen LogP contribution in [0, 0.1) is 5.92 Å². The Morgan fingerprint density at radius 3 is 2.62 bits per heavy atom. The maximum atomic E-state index is 13.4. The summed E-state index contributed by atoms with van der Waals surface area (Å²) in [5, 5.41) is 6.23. The molecule has 3 atom stereocenters. The van der Waals surface area contributed by atoms with Crippen LogP contribution in [0.1, 0.15) is 29.5 Å². The van der Waals surface area contributed by atoms with Gasteiger partial charge in [-0.05, 0) is 65.3 Å². The number of hydrogen-bond donors (Lipinski definition) is 2. The molecule has 1 aliphatic carbocycles. The van der Waals surface area contributed by atoms with E-state index in [4.69, 9.17) is 11.6 Å². The van der Waals surface area contributed by atoms with Crippen LogP contribution in [0.15, 0.2) is 102 Å². The maximum Gasteiger partial charge on any atom is 0.261 e. The summed E-state index contributed by atoms with van der Waals surface area (Å²) in [6.45, 7) is 0. The van der Waals surface area contributed by atoms with Crippen molar-refractivity contribution in [3.05, 3.63) is 113 Å². The van der Waals surface area contributed by atoms with E-state index < -0.39 is 10.0 Å². The van der Waals surface area contributed by atoms with Crippen LogP contribution in [0.25, 0.3) is 10.8 Å². The molecule has 34 heavy (non-hydrogen) atoms. The van der Waals surface area contributed by atoms with Crippen molar-refractivity contribution in [3.8, 4) is 0 Å². The first-order chi connectivity index (χ1) is 16.5. The van der Waals surface area contributed by atoms with Crippen molar-refractivity contribution in [2.45, 2.75) is 23.3 Å². The molecule has 1 aliphatic heterocycles. The molecular weight excluding hydrogens is 464 g/mol. The van der Waals surface area contributed by atoms with Gasteiger partial charge in [-0.25, -0.2) is 8.42 Å². The fraction of sp³-hybridized carbons (Fsp3) is 0.143. The van der Waals surface area contributed by atoms with Gasteiger partial charge in [-0.1, -0.05) is 72.3 Å². The molecule has 0 aromatic heterocycles. The number of fused-ring (bicyclic) bond motifs is 4. The molecule has 0 saturated heterocycles. The smallest absolute Gasteiger partial charge is 0.261 e. The van der Waals surface area contributed by atoms with E-state index in [1.54, 1.807) is 12.1 Å². The van der Waals surface area contributed by atoms with Crippen LogP contribution in [0.3, 0.4) is 0 Å². The van der Waals surface area contributed by atoms with E-state index in [0.717, 1.165) is 34.0 Å². The van der Waals surface area contributed by atoms with Gasteiger partial charge in [0.15, 0.2) is 0 Å². The maximum absolute atomic E-state index is 13.4. The van der Waals surface area contributed by atoms with Crippen molar-refractivity contribution in [1.82, 2.24) is 0 Å². The number of sulfonamides is 1. The van der Waals surface area contributed by atoms with Crippen LogP contribution < -0.4 is 10.0 Å². The first-order valence-electron chi connectivity index (χ1n) is 11.3. The van der Waals surface area contributed by atoms with Crippen molar-refractivity contribution in [3.63, 3.8) is 0 Å². The highest BCUT2D eigenvalue weighted by Gasteiger charge is 2.38. The van der Waals surface area contributed by atoms with Crippen LogP contribution in [0.2, 0.25) is 5.02 Å². The lowest BCUT2D eigenvalue weighted by Gasteiger charge is -2.37. The topological polar surface area (TPSA) is 58.2 Å². The van der Waals surface area contributed by atoms with Crippen LogP contribution in [-0.2, 0) is 10.0 Å². The molecule has 1 heterocycles. The molecule has 0 fully saturated rings. The van der Waals surface area contributed by atoms with Crippen LogP contribution in [0.4, 0.5) is 11.4 Å². The normalized spacial score (nSPS) is 21.0. The van der Waals surface area contributed by atoms with Gasteiger partial charge in [0.1, 0.15) is 0 Å². The molecule has 0 bridgehead atoms. The Labute approximate surface area is 204 Å². The van der Waals surface area contributed by atoms with Crippen molar-refractivity contribution >= 4 is 43.8 Å². The summed E-state index contributed by atoms with van der Waals surface area (Å²) < 4.78 is 29.6. The SMILES string of the molecule is O=S(=O)(Nc1cccc2ccccc12)c1ccc2c(c1)[C@@H]1C=CC[C@H]1[C@@H](c1cccc(Cl)c1)N2. The quantitative estimate of drug-likeness (QED) is 0.302. The van der Waals surface area contributed by atoms with Gasteiger partial charge in [-0.2, -0.15) is 0 Å². The Morgan fingerprint density at radius 1 is 0.912 bits per heavy atom. The summed E-state index contributed by atoms with van der Waals surface area (Å²) in [5.74, 6) is 0.447. The lowest BCUT2D eigenvalue weighted by molar-refractivity contribution is 0.425. The number of hydrogen-bond acceptors (Lipinski definition) is 3. The molecule has 0 spiro atoms. The average molecular weight is 487 g/mol. The fourth-order valence-corrected chi connectivity index (χ4v) is 6.60. The molecule has 0 unspecified atom stereocenters. The summed E-state index contributed by atoms with van der Waals surface area (Å²) in [7, 11) is -3.76. The second-order valence-corrected chi connectivity index (χ2v) is 11.0. The van der Waals surface area contributed by atoms with Gasteiger partial charge in [-0.15, -0.1) is 0 Å². The molecule has 2 N–H and O–H groups in total. The summed E-state index contributed by atoms with van der Waals surface area (Å²) in [6.07, 6.45) is 5.33. The van der Waals surface area contributed by atoms with Crippen molar-refractivity contribution in [2.24, 2.45) is 5.92 Å². The highest BCUT2D eigenvalue weighted by atomic mass is 35.5. The molecule has 4 aromatic rings. The highest BCUT2D eigenvalue weighted by molar-refractivity contribution is 7.92. The molecule has 2 aliphatic rings. The highest BCUT2D eigenvalue weighted by Crippen LogP contribution is 2.50. The Morgan fingerprint density at radius 2 is 1.74 bits per heavy atom. The van der Waals surface area contributed by atoms with Gasteiger partial charge in [0.25, 0.3) is 10.0 Å². The second-order valence-electron chi connectivity index (χ2n) is 8.91. The molecule has 4 aromatic carbocycles. The van der Waals surface area contributed by atoms with Gasteiger partial charge < -0.3 is 5.32 Å². The summed E-state index contributed by atoms with van der Waals surface area (Å²) in [5.41, 5.74) is 3.69. The summed E-state index contributed by atoms with van der Waals surface area (Å²) in [4.78, 5) is 0.265. The summed E-state index contributed by atoms with van der Waals surface area (Å²) in [6, 6.07) is 26.8. The zero-order valence-electron chi connectivity index (χ0n) is 18.3. The third-order valence-corrected chi connectivity index (χ3v) is 8.48. The number of rotatable bonds is 4. The minimum absolute atomic E-state index is 0.113. The molecule has 0 saturated carbocycles. The Balaban J connectivity index is 1.36. The number of allylic oxidation sites excluding steroid dienone is 2. The minimum atomic E-state index is -3.76.